The van der Waals surface area contributed by atoms with Crippen LogP contribution in [0.4, 0.5) is 0 Å². The lowest BCUT2D eigenvalue weighted by Crippen LogP contribution is -2.28. The van der Waals surface area contributed by atoms with Crippen LogP contribution in [0.1, 0.15) is 34.1 Å². The smallest absolute Gasteiger partial charge is 0.0491 e. The highest BCUT2D eigenvalue weighted by Crippen LogP contribution is 2.17. The van der Waals surface area contributed by atoms with Gasteiger partial charge >= 0.3 is 0 Å². The number of hydrogen-bond acceptors (Lipinski definition) is 2. The third kappa shape index (κ3) is 2.29. The van der Waals surface area contributed by atoms with Gasteiger partial charge in [0.15, 0.2) is 0 Å². The summed E-state index contributed by atoms with van der Waals surface area (Å²) < 4.78 is 18.6. The molecule has 1 unspecified atom stereocenters. The highest BCUT2D eigenvalue weighted by molar-refractivity contribution is 7.93. The van der Waals surface area contributed by atoms with E-state index in [2.05, 4.69) is 0 Å². The Kier molecular flexibility index (Phi) is 2.89. The summed E-state index contributed by atoms with van der Waals surface area (Å²) in [6, 6.07) is 0. The van der Waals surface area contributed by atoms with Crippen LogP contribution in [0.5, 0.6) is 0 Å². The maximum absolute atomic E-state index is 11.5. The van der Waals surface area contributed by atoms with E-state index in [9.17, 15) is 4.21 Å². The molecule has 0 aromatic rings. The van der Waals surface area contributed by atoms with Crippen molar-refractivity contribution in [3.05, 3.63) is 0 Å². The fraction of sp³-hybridized carbons (Fsp3) is 1.00. The molecule has 0 aliphatic carbocycles. The minimum atomic E-state index is -2.35. The molecule has 0 bridgehead atoms. The predicted octanol–water partition coefficient (Wildman–Crippen LogP) is 2.24. The normalized spacial score (nSPS) is 18.4. The average Bonchev–Trinajstić information content (AvgIpc) is 1.61. The second-order valence-electron chi connectivity index (χ2n) is 3.49. The van der Waals surface area contributed by atoms with Crippen molar-refractivity contribution in [3.63, 3.8) is 0 Å². The van der Waals surface area contributed by atoms with Gasteiger partial charge in [0.05, 0.1) is 0 Å². The van der Waals surface area contributed by atoms with Gasteiger partial charge < -0.3 is 0 Å². The van der Waals surface area contributed by atoms with Crippen LogP contribution < -0.4 is 0 Å². The van der Waals surface area contributed by atoms with Crippen LogP contribution in [0, 0.1) is 4.78 Å². The summed E-state index contributed by atoms with van der Waals surface area (Å²) in [6.07, 6.45) is 0.833. The Morgan fingerprint density at radius 1 is 1.40 bits per heavy atom. The first-order chi connectivity index (χ1) is 4.31. The van der Waals surface area contributed by atoms with Gasteiger partial charge in [0.2, 0.25) is 0 Å². The van der Waals surface area contributed by atoms with Gasteiger partial charge in [-0.15, -0.1) is 0 Å². The van der Waals surface area contributed by atoms with Gasteiger partial charge in [0.1, 0.15) is 0 Å². The van der Waals surface area contributed by atoms with Gasteiger partial charge in [-0.25, -0.2) is 4.21 Å². The molecule has 0 rings (SSSR count). The van der Waals surface area contributed by atoms with Crippen molar-refractivity contribution < 1.29 is 4.21 Å². The molecule has 3 heteroatoms. The van der Waals surface area contributed by atoms with E-state index in [0.717, 1.165) is 6.42 Å². The molecule has 0 radical (unpaired) electrons. The van der Waals surface area contributed by atoms with Crippen molar-refractivity contribution in [2.45, 2.75) is 38.9 Å². The van der Waals surface area contributed by atoms with Crippen LogP contribution in [0.2, 0.25) is 0 Å². The SMILES string of the molecule is CCCS(=N)(=O)C(C)(C)C. The first kappa shape index (κ1) is 9.95. The Morgan fingerprint density at radius 2 is 1.80 bits per heavy atom. The summed E-state index contributed by atoms with van der Waals surface area (Å²) in [5.41, 5.74) is 0. The Morgan fingerprint density at radius 3 is 1.90 bits per heavy atom. The van der Waals surface area contributed by atoms with Crippen molar-refractivity contribution in [2.24, 2.45) is 0 Å². The molecule has 0 saturated heterocycles. The fourth-order valence-corrected chi connectivity index (χ4v) is 1.78. The summed E-state index contributed by atoms with van der Waals surface area (Å²) in [5.74, 6) is 0.524. The highest BCUT2D eigenvalue weighted by atomic mass is 32.2. The molecule has 2 nitrogen and oxygen atoms in total. The highest BCUT2D eigenvalue weighted by Gasteiger charge is 2.23. The molecule has 0 heterocycles. The summed E-state index contributed by atoms with van der Waals surface area (Å²) >= 11 is 0. The molecule has 62 valence electrons. The quantitative estimate of drug-likeness (QED) is 0.666. The van der Waals surface area contributed by atoms with Crippen molar-refractivity contribution in [2.75, 3.05) is 5.75 Å². The van der Waals surface area contributed by atoms with Crippen LogP contribution in [0.3, 0.4) is 0 Å². The lowest BCUT2D eigenvalue weighted by Gasteiger charge is -2.21. The molecule has 0 fully saturated rings. The topological polar surface area (TPSA) is 40.9 Å². The van der Waals surface area contributed by atoms with Gasteiger partial charge in [-0.3, -0.25) is 4.78 Å². The summed E-state index contributed by atoms with van der Waals surface area (Å²) in [7, 11) is -2.35. The number of rotatable bonds is 2. The Hall–Kier alpha value is -0.0500. The van der Waals surface area contributed by atoms with E-state index >= 15 is 0 Å². The van der Waals surface area contributed by atoms with E-state index in [4.69, 9.17) is 4.78 Å². The molecule has 0 amide bonds. The average molecular weight is 163 g/mol. The van der Waals surface area contributed by atoms with Gasteiger partial charge in [-0.05, 0) is 27.2 Å². The van der Waals surface area contributed by atoms with Crippen molar-refractivity contribution in [1.29, 1.82) is 4.78 Å². The largest absolute Gasteiger partial charge is 0.252 e. The monoisotopic (exact) mass is 163 g/mol. The maximum atomic E-state index is 11.5. The molecular formula is C7H17NOS. The predicted molar refractivity (Wildman–Crippen MR) is 45.8 cm³/mol. The lowest BCUT2D eigenvalue weighted by atomic mass is 10.3. The van der Waals surface area contributed by atoms with Gasteiger partial charge in [-0.2, -0.15) is 0 Å². The molecule has 1 atom stereocenters. The van der Waals surface area contributed by atoms with E-state index < -0.39 is 9.73 Å². The van der Waals surface area contributed by atoms with Crippen molar-refractivity contribution >= 4 is 9.73 Å². The Labute approximate surface area is 64.0 Å². The van der Waals surface area contributed by atoms with Crippen LogP contribution in [0.15, 0.2) is 0 Å². The maximum Gasteiger partial charge on any atom is 0.0491 e. The van der Waals surface area contributed by atoms with E-state index in [1.54, 1.807) is 0 Å². The van der Waals surface area contributed by atoms with Crippen LogP contribution in [0.25, 0.3) is 0 Å². The molecule has 10 heavy (non-hydrogen) atoms. The Balaban J connectivity index is 4.44. The number of nitrogens with one attached hydrogen (secondary N) is 1. The first-order valence-electron chi connectivity index (χ1n) is 3.57. The number of hydrogen-bond donors (Lipinski definition) is 1. The summed E-state index contributed by atoms with van der Waals surface area (Å²) in [6.45, 7) is 7.54. The minimum absolute atomic E-state index is 0.358. The second kappa shape index (κ2) is 2.91. The molecule has 0 saturated carbocycles. The van der Waals surface area contributed by atoms with Gasteiger partial charge in [0, 0.05) is 20.2 Å². The fourth-order valence-electron chi connectivity index (χ4n) is 0.594. The standard InChI is InChI=1S/C7H17NOS/c1-5-6-10(8,9)7(2,3)4/h8H,5-6H2,1-4H3. The molecule has 0 aromatic heterocycles. The first-order valence-corrected chi connectivity index (χ1v) is 5.30. The van der Waals surface area contributed by atoms with E-state index in [1.807, 2.05) is 27.7 Å². The van der Waals surface area contributed by atoms with Crippen molar-refractivity contribution in [1.82, 2.24) is 0 Å². The molecule has 0 spiro atoms. The minimum Gasteiger partial charge on any atom is -0.252 e. The third-order valence-electron chi connectivity index (χ3n) is 1.48. The van der Waals surface area contributed by atoms with E-state index in [-0.39, 0.29) is 4.75 Å². The second-order valence-corrected chi connectivity index (χ2v) is 6.48. The van der Waals surface area contributed by atoms with E-state index in [1.165, 1.54) is 0 Å². The zero-order valence-corrected chi connectivity index (χ0v) is 8.05. The Bertz CT molecular complexity index is 186. The lowest BCUT2D eigenvalue weighted by molar-refractivity contribution is 0.635. The third-order valence-corrected chi connectivity index (χ3v) is 4.44. The van der Waals surface area contributed by atoms with Crippen molar-refractivity contribution in [3.8, 4) is 0 Å². The van der Waals surface area contributed by atoms with Crippen LogP contribution >= 0.6 is 0 Å². The van der Waals surface area contributed by atoms with Crippen LogP contribution in [-0.4, -0.2) is 14.7 Å². The summed E-state index contributed by atoms with van der Waals surface area (Å²) in [5, 5.41) is 0. The summed E-state index contributed by atoms with van der Waals surface area (Å²) in [4.78, 5) is 0. The molecule has 1 N–H and O–H groups in total. The van der Waals surface area contributed by atoms with Gasteiger partial charge in [0.25, 0.3) is 0 Å². The van der Waals surface area contributed by atoms with Gasteiger partial charge in [-0.1, -0.05) is 6.92 Å². The van der Waals surface area contributed by atoms with E-state index in [0.29, 0.717) is 5.75 Å². The zero-order valence-electron chi connectivity index (χ0n) is 7.23. The van der Waals surface area contributed by atoms with Crippen LogP contribution in [-0.2, 0) is 9.73 Å². The molecular weight excluding hydrogens is 146 g/mol. The molecule has 0 aromatic carbocycles. The molecule has 0 aliphatic heterocycles. The molecule has 0 aliphatic rings. The zero-order chi connectivity index (χ0) is 8.41.